The molecule has 1 unspecified atom stereocenters. The van der Waals surface area contributed by atoms with Gasteiger partial charge in [-0.2, -0.15) is 5.10 Å². The normalized spacial score (nSPS) is 18.1. The van der Waals surface area contributed by atoms with Gasteiger partial charge in [-0.3, -0.25) is 9.48 Å². The SMILES string of the molecule is Cn1cc(N)c(C(=O)N2CCCC2Cc2ccccc2)n1. The minimum atomic E-state index is -0.0495. The first-order chi connectivity index (χ1) is 10.1. The van der Waals surface area contributed by atoms with Crippen molar-refractivity contribution in [1.29, 1.82) is 0 Å². The maximum Gasteiger partial charge on any atom is 0.276 e. The number of carbonyl (C=O) groups excluding carboxylic acids is 1. The van der Waals surface area contributed by atoms with Crippen LogP contribution in [0.2, 0.25) is 0 Å². The average Bonchev–Trinajstić information content (AvgIpc) is 3.06. The maximum atomic E-state index is 12.7. The van der Waals surface area contributed by atoms with E-state index in [4.69, 9.17) is 5.73 Å². The standard InChI is InChI=1S/C16H20N4O/c1-19-11-14(17)15(18-19)16(21)20-9-5-8-13(20)10-12-6-3-2-4-7-12/h2-4,6-7,11,13H,5,8-10,17H2,1H3. The number of nitrogen functional groups attached to an aromatic ring is 1. The number of nitrogens with zero attached hydrogens (tertiary/aromatic N) is 3. The molecule has 2 heterocycles. The van der Waals surface area contributed by atoms with Crippen molar-refractivity contribution in [3.8, 4) is 0 Å². The summed E-state index contributed by atoms with van der Waals surface area (Å²) in [5.74, 6) is -0.0495. The number of likely N-dealkylation sites (tertiary alicyclic amines) is 1. The molecule has 0 aliphatic carbocycles. The second-order valence-electron chi connectivity index (χ2n) is 5.59. The molecule has 110 valence electrons. The van der Waals surface area contributed by atoms with E-state index in [1.165, 1.54) is 5.56 Å². The monoisotopic (exact) mass is 284 g/mol. The van der Waals surface area contributed by atoms with Crippen molar-refractivity contribution < 1.29 is 4.79 Å². The van der Waals surface area contributed by atoms with Crippen LogP contribution < -0.4 is 5.73 Å². The number of carbonyl (C=O) groups is 1. The van der Waals surface area contributed by atoms with Crippen molar-refractivity contribution in [2.24, 2.45) is 7.05 Å². The zero-order chi connectivity index (χ0) is 14.8. The van der Waals surface area contributed by atoms with Crippen LogP contribution in [-0.4, -0.2) is 33.2 Å². The Labute approximate surface area is 124 Å². The van der Waals surface area contributed by atoms with Crippen LogP contribution >= 0.6 is 0 Å². The van der Waals surface area contributed by atoms with Gasteiger partial charge >= 0.3 is 0 Å². The van der Waals surface area contributed by atoms with Crippen LogP contribution in [0.3, 0.4) is 0 Å². The highest BCUT2D eigenvalue weighted by Crippen LogP contribution is 2.24. The number of aromatic nitrogens is 2. The van der Waals surface area contributed by atoms with E-state index in [0.29, 0.717) is 11.4 Å². The fourth-order valence-corrected chi connectivity index (χ4v) is 3.01. The van der Waals surface area contributed by atoms with Gasteiger partial charge in [0.15, 0.2) is 5.69 Å². The molecular weight excluding hydrogens is 264 g/mol. The van der Waals surface area contributed by atoms with Gasteiger partial charge in [-0.1, -0.05) is 30.3 Å². The molecule has 0 radical (unpaired) electrons. The number of nitrogens with two attached hydrogens (primary N) is 1. The van der Waals surface area contributed by atoms with Gasteiger partial charge in [0.25, 0.3) is 5.91 Å². The molecule has 1 amide bonds. The molecule has 1 aromatic carbocycles. The maximum absolute atomic E-state index is 12.7. The molecule has 21 heavy (non-hydrogen) atoms. The number of hydrogen-bond acceptors (Lipinski definition) is 3. The number of benzene rings is 1. The summed E-state index contributed by atoms with van der Waals surface area (Å²) in [5, 5.41) is 4.20. The molecule has 1 atom stereocenters. The lowest BCUT2D eigenvalue weighted by molar-refractivity contribution is 0.0730. The predicted octanol–water partition coefficient (Wildman–Crippen LogP) is 1.85. The lowest BCUT2D eigenvalue weighted by atomic mass is 10.0. The summed E-state index contributed by atoms with van der Waals surface area (Å²) in [5.41, 5.74) is 7.96. The van der Waals surface area contributed by atoms with Crippen LogP contribution in [-0.2, 0) is 13.5 Å². The van der Waals surface area contributed by atoms with E-state index in [0.717, 1.165) is 25.8 Å². The van der Waals surface area contributed by atoms with Crippen LogP contribution in [0.5, 0.6) is 0 Å². The van der Waals surface area contributed by atoms with Crippen LogP contribution in [0, 0.1) is 0 Å². The minimum Gasteiger partial charge on any atom is -0.396 e. The van der Waals surface area contributed by atoms with Crippen molar-refractivity contribution in [2.75, 3.05) is 12.3 Å². The summed E-state index contributed by atoms with van der Waals surface area (Å²) in [6, 6.07) is 10.5. The molecule has 1 saturated heterocycles. The van der Waals surface area contributed by atoms with Gasteiger partial charge < -0.3 is 10.6 Å². The largest absolute Gasteiger partial charge is 0.396 e. The molecular formula is C16H20N4O. The van der Waals surface area contributed by atoms with E-state index in [-0.39, 0.29) is 11.9 Å². The fourth-order valence-electron chi connectivity index (χ4n) is 3.01. The van der Waals surface area contributed by atoms with Crippen LogP contribution in [0.1, 0.15) is 28.9 Å². The van der Waals surface area contributed by atoms with Gasteiger partial charge in [-0.25, -0.2) is 0 Å². The Balaban J connectivity index is 1.77. The molecule has 1 aliphatic heterocycles. The van der Waals surface area contributed by atoms with Gasteiger partial charge in [-0.15, -0.1) is 0 Å². The Bertz CT molecular complexity index is 635. The summed E-state index contributed by atoms with van der Waals surface area (Å²) in [7, 11) is 1.78. The van der Waals surface area contributed by atoms with Crippen LogP contribution in [0.15, 0.2) is 36.5 Å². The Hall–Kier alpha value is -2.30. The van der Waals surface area contributed by atoms with Crippen molar-refractivity contribution >= 4 is 11.6 Å². The second kappa shape index (κ2) is 5.60. The van der Waals surface area contributed by atoms with Gasteiger partial charge in [-0.05, 0) is 24.8 Å². The third-order valence-corrected chi connectivity index (χ3v) is 4.01. The summed E-state index contributed by atoms with van der Waals surface area (Å²) in [6.45, 7) is 0.784. The van der Waals surface area contributed by atoms with Gasteiger partial charge in [0, 0.05) is 25.8 Å². The number of rotatable bonds is 3. The summed E-state index contributed by atoms with van der Waals surface area (Å²) in [6.07, 6.45) is 4.64. The Morgan fingerprint density at radius 1 is 1.38 bits per heavy atom. The molecule has 1 fully saturated rings. The van der Waals surface area contributed by atoms with E-state index in [1.54, 1.807) is 17.9 Å². The van der Waals surface area contributed by atoms with Crippen molar-refractivity contribution in [1.82, 2.24) is 14.7 Å². The highest BCUT2D eigenvalue weighted by molar-refractivity contribution is 5.97. The molecule has 5 nitrogen and oxygen atoms in total. The van der Waals surface area contributed by atoms with Crippen molar-refractivity contribution in [3.05, 3.63) is 47.8 Å². The smallest absolute Gasteiger partial charge is 0.276 e. The van der Waals surface area contributed by atoms with Gasteiger partial charge in [0.1, 0.15) is 0 Å². The third-order valence-electron chi connectivity index (χ3n) is 4.01. The first-order valence-electron chi connectivity index (χ1n) is 7.29. The molecule has 3 rings (SSSR count). The Morgan fingerprint density at radius 3 is 2.81 bits per heavy atom. The molecule has 2 aromatic rings. The summed E-state index contributed by atoms with van der Waals surface area (Å²) >= 11 is 0. The van der Waals surface area contributed by atoms with Gasteiger partial charge in [0.2, 0.25) is 0 Å². The Kier molecular flexibility index (Phi) is 3.64. The second-order valence-corrected chi connectivity index (χ2v) is 5.59. The molecule has 5 heteroatoms. The first-order valence-corrected chi connectivity index (χ1v) is 7.29. The average molecular weight is 284 g/mol. The fraction of sp³-hybridized carbons (Fsp3) is 0.375. The van der Waals surface area contributed by atoms with E-state index in [1.807, 2.05) is 23.1 Å². The Morgan fingerprint density at radius 2 is 2.14 bits per heavy atom. The number of amides is 1. The quantitative estimate of drug-likeness (QED) is 0.935. The van der Waals surface area contributed by atoms with Crippen LogP contribution in [0.25, 0.3) is 0 Å². The highest BCUT2D eigenvalue weighted by Gasteiger charge is 2.31. The molecule has 0 bridgehead atoms. The zero-order valence-electron chi connectivity index (χ0n) is 12.2. The lowest BCUT2D eigenvalue weighted by Crippen LogP contribution is -2.37. The van der Waals surface area contributed by atoms with E-state index >= 15 is 0 Å². The first kappa shape index (κ1) is 13.7. The highest BCUT2D eigenvalue weighted by atomic mass is 16.2. The predicted molar refractivity (Wildman–Crippen MR) is 81.8 cm³/mol. The number of hydrogen-bond donors (Lipinski definition) is 1. The van der Waals surface area contributed by atoms with Gasteiger partial charge in [0.05, 0.1) is 5.69 Å². The summed E-state index contributed by atoms with van der Waals surface area (Å²) in [4.78, 5) is 14.6. The molecule has 0 spiro atoms. The van der Waals surface area contributed by atoms with Crippen molar-refractivity contribution in [3.63, 3.8) is 0 Å². The van der Waals surface area contributed by atoms with Crippen molar-refractivity contribution in [2.45, 2.75) is 25.3 Å². The number of aryl methyl sites for hydroxylation is 1. The molecule has 2 N–H and O–H groups in total. The van der Waals surface area contributed by atoms with E-state index in [2.05, 4.69) is 17.2 Å². The zero-order valence-corrected chi connectivity index (χ0v) is 12.2. The molecule has 0 saturated carbocycles. The topological polar surface area (TPSA) is 64.2 Å². The summed E-state index contributed by atoms with van der Waals surface area (Å²) < 4.78 is 1.59. The van der Waals surface area contributed by atoms with E-state index in [9.17, 15) is 4.79 Å². The molecule has 1 aliphatic rings. The minimum absolute atomic E-state index is 0.0495. The third kappa shape index (κ3) is 2.77. The lowest BCUT2D eigenvalue weighted by Gasteiger charge is -2.24. The number of anilines is 1. The van der Waals surface area contributed by atoms with Crippen LogP contribution in [0.4, 0.5) is 5.69 Å². The molecule has 1 aromatic heterocycles. The van der Waals surface area contributed by atoms with E-state index < -0.39 is 0 Å².